The molecule has 3 heteroatoms. The number of anilines is 1. The number of rotatable bonds is 2. The molecule has 16 heavy (non-hydrogen) atoms. The van der Waals surface area contributed by atoms with E-state index in [0.717, 1.165) is 23.5 Å². The van der Waals surface area contributed by atoms with E-state index < -0.39 is 0 Å². The highest BCUT2D eigenvalue weighted by atomic mass is 16.5. The third kappa shape index (κ3) is 1.95. The van der Waals surface area contributed by atoms with Crippen LogP contribution in [0.25, 0.3) is 0 Å². The maximum atomic E-state index is 11.9. The SMILES string of the molecule is CC(C)C[C@@H]1Cc2ccccc2N(O)C1=O. The van der Waals surface area contributed by atoms with Crippen LogP contribution in [0.1, 0.15) is 25.8 Å². The van der Waals surface area contributed by atoms with Crippen LogP contribution in [-0.2, 0) is 11.2 Å². The first-order chi connectivity index (χ1) is 7.59. The van der Waals surface area contributed by atoms with Gasteiger partial charge in [-0.15, -0.1) is 0 Å². The second-order valence-corrected chi connectivity index (χ2v) is 4.81. The van der Waals surface area contributed by atoms with Crippen LogP contribution >= 0.6 is 0 Å². The topological polar surface area (TPSA) is 40.5 Å². The van der Waals surface area contributed by atoms with E-state index in [2.05, 4.69) is 13.8 Å². The van der Waals surface area contributed by atoms with E-state index in [4.69, 9.17) is 0 Å². The molecule has 0 aromatic heterocycles. The Labute approximate surface area is 95.6 Å². The fourth-order valence-electron chi connectivity index (χ4n) is 2.29. The van der Waals surface area contributed by atoms with E-state index in [9.17, 15) is 10.0 Å². The molecule has 1 aromatic carbocycles. The summed E-state index contributed by atoms with van der Waals surface area (Å²) in [6.45, 7) is 4.19. The molecule has 1 heterocycles. The Balaban J connectivity index is 2.28. The van der Waals surface area contributed by atoms with Crippen LogP contribution in [-0.4, -0.2) is 11.1 Å². The predicted octanol–water partition coefficient (Wildman–Crippen LogP) is 2.63. The first kappa shape index (κ1) is 11.1. The van der Waals surface area contributed by atoms with Gasteiger partial charge in [0.25, 0.3) is 5.91 Å². The summed E-state index contributed by atoms with van der Waals surface area (Å²) in [6.07, 6.45) is 1.56. The molecular weight excluding hydrogens is 202 g/mol. The average molecular weight is 219 g/mol. The lowest BCUT2D eigenvalue weighted by atomic mass is 9.87. The highest BCUT2D eigenvalue weighted by molar-refractivity contribution is 5.95. The van der Waals surface area contributed by atoms with Gasteiger partial charge in [-0.1, -0.05) is 32.0 Å². The van der Waals surface area contributed by atoms with Gasteiger partial charge < -0.3 is 0 Å². The Morgan fingerprint density at radius 2 is 2.12 bits per heavy atom. The Morgan fingerprint density at radius 1 is 1.44 bits per heavy atom. The Bertz CT molecular complexity index is 401. The third-order valence-corrected chi connectivity index (χ3v) is 3.00. The summed E-state index contributed by atoms with van der Waals surface area (Å²) in [6, 6.07) is 7.52. The summed E-state index contributed by atoms with van der Waals surface area (Å²) < 4.78 is 0. The molecule has 0 unspecified atom stereocenters. The molecular formula is C13H17NO2. The van der Waals surface area contributed by atoms with Crippen molar-refractivity contribution in [2.24, 2.45) is 11.8 Å². The molecule has 0 saturated carbocycles. The molecule has 86 valence electrons. The van der Waals surface area contributed by atoms with Crippen molar-refractivity contribution in [1.29, 1.82) is 0 Å². The van der Waals surface area contributed by atoms with Crippen LogP contribution in [0.5, 0.6) is 0 Å². The highest BCUT2D eigenvalue weighted by Crippen LogP contribution is 2.31. The first-order valence-corrected chi connectivity index (χ1v) is 5.70. The summed E-state index contributed by atoms with van der Waals surface area (Å²) >= 11 is 0. The van der Waals surface area contributed by atoms with Crippen LogP contribution in [0.2, 0.25) is 0 Å². The van der Waals surface area contributed by atoms with Crippen molar-refractivity contribution in [3.63, 3.8) is 0 Å². The minimum absolute atomic E-state index is 0.0834. The van der Waals surface area contributed by atoms with E-state index in [-0.39, 0.29) is 11.8 Å². The molecule has 1 aliphatic rings. The number of carbonyl (C=O) groups excluding carboxylic acids is 1. The zero-order valence-corrected chi connectivity index (χ0v) is 9.68. The molecule has 3 nitrogen and oxygen atoms in total. The minimum atomic E-state index is -0.174. The van der Waals surface area contributed by atoms with Gasteiger partial charge in [-0.25, -0.2) is 0 Å². The number of nitrogens with zero attached hydrogens (tertiary/aromatic N) is 1. The number of para-hydroxylation sites is 1. The van der Waals surface area contributed by atoms with E-state index in [1.165, 1.54) is 0 Å². The van der Waals surface area contributed by atoms with Gasteiger partial charge in [0.15, 0.2) is 0 Å². The van der Waals surface area contributed by atoms with Crippen molar-refractivity contribution in [3.8, 4) is 0 Å². The lowest BCUT2D eigenvalue weighted by Crippen LogP contribution is -2.39. The summed E-state index contributed by atoms with van der Waals surface area (Å²) in [5.41, 5.74) is 1.68. The molecule has 0 aliphatic carbocycles. The summed E-state index contributed by atoms with van der Waals surface area (Å²) in [5, 5.41) is 10.6. The quantitative estimate of drug-likeness (QED) is 0.777. The van der Waals surface area contributed by atoms with Crippen molar-refractivity contribution in [1.82, 2.24) is 0 Å². The number of fused-ring (bicyclic) bond motifs is 1. The largest absolute Gasteiger partial charge is 0.281 e. The van der Waals surface area contributed by atoms with Gasteiger partial charge in [-0.05, 0) is 30.4 Å². The lowest BCUT2D eigenvalue weighted by Gasteiger charge is -2.30. The number of hydroxylamine groups is 1. The molecule has 1 amide bonds. The summed E-state index contributed by atoms with van der Waals surface area (Å²) in [7, 11) is 0. The van der Waals surface area contributed by atoms with Crippen molar-refractivity contribution in [2.45, 2.75) is 26.7 Å². The van der Waals surface area contributed by atoms with Gasteiger partial charge in [0.1, 0.15) is 0 Å². The molecule has 0 fully saturated rings. The molecule has 0 bridgehead atoms. The maximum absolute atomic E-state index is 11.9. The average Bonchev–Trinajstić information content (AvgIpc) is 2.25. The summed E-state index contributed by atoms with van der Waals surface area (Å²) in [4.78, 5) is 11.9. The number of amides is 1. The highest BCUT2D eigenvalue weighted by Gasteiger charge is 2.32. The fraction of sp³-hybridized carbons (Fsp3) is 0.462. The molecule has 0 radical (unpaired) electrons. The summed E-state index contributed by atoms with van der Waals surface area (Å²) in [5.74, 6) is 0.208. The number of hydrogen-bond acceptors (Lipinski definition) is 2. The van der Waals surface area contributed by atoms with Crippen molar-refractivity contribution >= 4 is 11.6 Å². The van der Waals surface area contributed by atoms with Crippen LogP contribution in [0.3, 0.4) is 0 Å². The molecule has 1 atom stereocenters. The standard InChI is InChI=1S/C13H17NO2/c1-9(2)7-11-8-10-5-3-4-6-12(10)14(16)13(11)15/h3-6,9,11,16H,7-8H2,1-2H3/t11-/m1/s1. The van der Waals surface area contributed by atoms with Gasteiger partial charge in [0, 0.05) is 5.92 Å². The predicted molar refractivity (Wildman–Crippen MR) is 62.4 cm³/mol. The number of hydrogen-bond donors (Lipinski definition) is 1. The molecule has 1 N–H and O–H groups in total. The molecule has 1 aromatic rings. The fourth-order valence-corrected chi connectivity index (χ4v) is 2.29. The van der Waals surface area contributed by atoms with Gasteiger partial charge in [-0.2, -0.15) is 5.06 Å². The Morgan fingerprint density at radius 3 is 2.81 bits per heavy atom. The van der Waals surface area contributed by atoms with Gasteiger partial charge >= 0.3 is 0 Å². The molecule has 1 aliphatic heterocycles. The van der Waals surface area contributed by atoms with E-state index in [1.807, 2.05) is 18.2 Å². The Kier molecular flexibility index (Phi) is 2.97. The van der Waals surface area contributed by atoms with E-state index >= 15 is 0 Å². The normalized spacial score (nSPS) is 20.1. The zero-order valence-electron chi connectivity index (χ0n) is 9.68. The molecule has 2 rings (SSSR count). The van der Waals surface area contributed by atoms with Gasteiger partial charge in [-0.3, -0.25) is 10.0 Å². The monoisotopic (exact) mass is 219 g/mol. The van der Waals surface area contributed by atoms with Gasteiger partial charge in [0.2, 0.25) is 0 Å². The van der Waals surface area contributed by atoms with Crippen molar-refractivity contribution in [3.05, 3.63) is 29.8 Å². The third-order valence-electron chi connectivity index (χ3n) is 3.00. The zero-order chi connectivity index (χ0) is 11.7. The molecule has 0 spiro atoms. The van der Waals surface area contributed by atoms with Crippen molar-refractivity contribution in [2.75, 3.05) is 5.06 Å². The lowest BCUT2D eigenvalue weighted by molar-refractivity contribution is -0.128. The van der Waals surface area contributed by atoms with E-state index in [1.54, 1.807) is 6.07 Å². The van der Waals surface area contributed by atoms with Crippen LogP contribution in [0, 0.1) is 11.8 Å². The minimum Gasteiger partial charge on any atom is -0.281 e. The smallest absolute Gasteiger partial charge is 0.254 e. The maximum Gasteiger partial charge on any atom is 0.254 e. The van der Waals surface area contributed by atoms with Crippen LogP contribution < -0.4 is 5.06 Å². The van der Waals surface area contributed by atoms with Crippen molar-refractivity contribution < 1.29 is 10.0 Å². The van der Waals surface area contributed by atoms with Crippen LogP contribution in [0.4, 0.5) is 5.69 Å². The Hall–Kier alpha value is -1.35. The number of benzene rings is 1. The first-order valence-electron chi connectivity index (χ1n) is 5.70. The second kappa shape index (κ2) is 4.26. The second-order valence-electron chi connectivity index (χ2n) is 4.81. The van der Waals surface area contributed by atoms with Crippen LogP contribution in [0.15, 0.2) is 24.3 Å². The van der Waals surface area contributed by atoms with E-state index in [0.29, 0.717) is 11.6 Å². The number of carbonyl (C=O) groups is 1. The van der Waals surface area contributed by atoms with Gasteiger partial charge in [0.05, 0.1) is 5.69 Å². The molecule has 0 saturated heterocycles.